The molecule has 3 aromatic rings. The summed E-state index contributed by atoms with van der Waals surface area (Å²) < 4.78 is 41.3. The van der Waals surface area contributed by atoms with Gasteiger partial charge in [-0.2, -0.15) is 0 Å². The third-order valence-corrected chi connectivity index (χ3v) is 6.40. The Balaban J connectivity index is 1.70. The van der Waals surface area contributed by atoms with E-state index in [0.29, 0.717) is 16.3 Å². The van der Waals surface area contributed by atoms with Crippen LogP contribution in [0.2, 0.25) is 5.02 Å². The van der Waals surface area contributed by atoms with Crippen LogP contribution >= 0.6 is 11.6 Å². The molecule has 3 rings (SSSR count). The van der Waals surface area contributed by atoms with E-state index in [9.17, 15) is 22.4 Å². The Bertz CT molecular complexity index is 1310. The second kappa shape index (κ2) is 10.0. The SMILES string of the molecule is Cc1ccc(S(=O)(=O)Nc2cccc(C(=O)N(C)CC(=O)Nc3ccccc3Cl)c2)cc1F. The molecule has 3 aromatic carbocycles. The molecule has 0 bridgehead atoms. The van der Waals surface area contributed by atoms with Crippen molar-refractivity contribution in [3.63, 3.8) is 0 Å². The van der Waals surface area contributed by atoms with Gasteiger partial charge in [-0.3, -0.25) is 14.3 Å². The van der Waals surface area contributed by atoms with Crippen molar-refractivity contribution >= 4 is 44.8 Å². The van der Waals surface area contributed by atoms with Crippen LogP contribution in [0.3, 0.4) is 0 Å². The zero-order valence-electron chi connectivity index (χ0n) is 17.8. The summed E-state index contributed by atoms with van der Waals surface area (Å²) in [6.07, 6.45) is 0. The number of para-hydroxylation sites is 1. The van der Waals surface area contributed by atoms with Crippen molar-refractivity contribution in [2.45, 2.75) is 11.8 Å². The molecule has 0 unspecified atom stereocenters. The largest absolute Gasteiger partial charge is 0.332 e. The summed E-state index contributed by atoms with van der Waals surface area (Å²) in [6, 6.07) is 16.1. The van der Waals surface area contributed by atoms with Gasteiger partial charge in [0.15, 0.2) is 0 Å². The van der Waals surface area contributed by atoms with Crippen LogP contribution in [0.25, 0.3) is 0 Å². The van der Waals surface area contributed by atoms with Gasteiger partial charge >= 0.3 is 0 Å². The molecular weight excluding hydrogens is 469 g/mol. The van der Waals surface area contributed by atoms with Crippen molar-refractivity contribution < 1.29 is 22.4 Å². The number of carbonyl (C=O) groups is 2. The Labute approximate surface area is 196 Å². The van der Waals surface area contributed by atoms with Gasteiger partial charge in [0, 0.05) is 18.3 Å². The standard InChI is InChI=1S/C23H21ClFN3O4S/c1-15-10-11-18(13-20(15)25)33(31,32)27-17-7-5-6-16(12-17)23(30)28(2)14-22(29)26-21-9-4-3-8-19(21)24/h3-13,27H,14H2,1-2H3,(H,26,29). The second-order valence-corrected chi connectivity index (χ2v) is 9.38. The first-order valence-corrected chi connectivity index (χ1v) is 11.6. The third kappa shape index (κ3) is 6.09. The van der Waals surface area contributed by atoms with E-state index in [2.05, 4.69) is 10.0 Å². The van der Waals surface area contributed by atoms with E-state index in [4.69, 9.17) is 11.6 Å². The summed E-state index contributed by atoms with van der Waals surface area (Å²) in [5, 5.41) is 3.00. The van der Waals surface area contributed by atoms with Gasteiger partial charge in [-0.05, 0) is 55.0 Å². The smallest absolute Gasteiger partial charge is 0.261 e. The molecular formula is C23H21ClFN3O4S. The monoisotopic (exact) mass is 489 g/mol. The van der Waals surface area contributed by atoms with Gasteiger partial charge in [0.1, 0.15) is 5.82 Å². The molecule has 0 radical (unpaired) electrons. The predicted molar refractivity (Wildman–Crippen MR) is 125 cm³/mol. The van der Waals surface area contributed by atoms with Gasteiger partial charge < -0.3 is 10.2 Å². The Morgan fingerprint density at radius 1 is 1.03 bits per heavy atom. The number of sulfonamides is 1. The average molecular weight is 490 g/mol. The molecule has 33 heavy (non-hydrogen) atoms. The number of halogens is 2. The van der Waals surface area contributed by atoms with Gasteiger partial charge in [-0.1, -0.05) is 35.9 Å². The zero-order valence-corrected chi connectivity index (χ0v) is 19.4. The highest BCUT2D eigenvalue weighted by atomic mass is 35.5. The van der Waals surface area contributed by atoms with Crippen LogP contribution in [0.1, 0.15) is 15.9 Å². The number of nitrogens with one attached hydrogen (secondary N) is 2. The molecule has 0 aliphatic carbocycles. The Morgan fingerprint density at radius 3 is 2.45 bits per heavy atom. The number of anilines is 2. The first-order valence-electron chi connectivity index (χ1n) is 9.76. The molecule has 0 saturated carbocycles. The molecule has 0 spiro atoms. The maximum atomic E-state index is 13.8. The molecule has 172 valence electrons. The highest BCUT2D eigenvalue weighted by Crippen LogP contribution is 2.21. The van der Waals surface area contributed by atoms with Crippen molar-refractivity contribution in [3.05, 3.63) is 88.7 Å². The van der Waals surface area contributed by atoms with Gasteiger partial charge in [0.25, 0.3) is 15.9 Å². The number of aryl methyl sites for hydroxylation is 1. The maximum absolute atomic E-state index is 13.8. The molecule has 0 fully saturated rings. The van der Waals surface area contributed by atoms with E-state index in [1.807, 2.05) is 0 Å². The summed E-state index contributed by atoms with van der Waals surface area (Å²) in [6.45, 7) is 1.28. The van der Waals surface area contributed by atoms with E-state index in [-0.39, 0.29) is 22.7 Å². The Hall–Kier alpha value is -3.43. The lowest BCUT2D eigenvalue weighted by Gasteiger charge is -2.18. The minimum absolute atomic E-state index is 0.121. The van der Waals surface area contributed by atoms with Crippen LogP contribution in [-0.2, 0) is 14.8 Å². The molecule has 0 atom stereocenters. The number of hydrogen-bond donors (Lipinski definition) is 2. The van der Waals surface area contributed by atoms with Crippen LogP contribution in [-0.4, -0.2) is 38.7 Å². The number of rotatable bonds is 7. The van der Waals surface area contributed by atoms with Crippen LogP contribution in [0.4, 0.5) is 15.8 Å². The van der Waals surface area contributed by atoms with Crippen molar-refractivity contribution in [2.75, 3.05) is 23.6 Å². The Kier molecular flexibility index (Phi) is 7.35. The number of likely N-dealkylation sites (N-methyl/N-ethyl adjacent to an activating group) is 1. The average Bonchev–Trinajstić information content (AvgIpc) is 2.76. The number of benzene rings is 3. The van der Waals surface area contributed by atoms with Crippen molar-refractivity contribution in [1.82, 2.24) is 4.90 Å². The predicted octanol–water partition coefficient (Wildman–Crippen LogP) is 4.30. The van der Waals surface area contributed by atoms with E-state index < -0.39 is 27.7 Å². The lowest BCUT2D eigenvalue weighted by Crippen LogP contribution is -2.35. The third-order valence-electron chi connectivity index (χ3n) is 4.69. The molecule has 0 aliphatic heterocycles. The first-order chi connectivity index (χ1) is 15.6. The summed E-state index contributed by atoms with van der Waals surface area (Å²) in [4.78, 5) is 26.0. The number of amides is 2. The fourth-order valence-electron chi connectivity index (χ4n) is 2.93. The van der Waals surface area contributed by atoms with E-state index in [1.165, 1.54) is 55.3 Å². The second-order valence-electron chi connectivity index (χ2n) is 7.29. The molecule has 0 aromatic heterocycles. The highest BCUT2D eigenvalue weighted by molar-refractivity contribution is 7.92. The van der Waals surface area contributed by atoms with Crippen molar-refractivity contribution in [2.24, 2.45) is 0 Å². The highest BCUT2D eigenvalue weighted by Gasteiger charge is 2.19. The van der Waals surface area contributed by atoms with Gasteiger partial charge in [0.05, 0.1) is 22.2 Å². The van der Waals surface area contributed by atoms with Crippen LogP contribution in [0.5, 0.6) is 0 Å². The maximum Gasteiger partial charge on any atom is 0.261 e. The van der Waals surface area contributed by atoms with Gasteiger partial charge in [-0.25, -0.2) is 12.8 Å². The van der Waals surface area contributed by atoms with Gasteiger partial charge in [-0.15, -0.1) is 0 Å². The first kappa shape index (κ1) is 24.2. The zero-order chi connectivity index (χ0) is 24.2. The molecule has 0 aliphatic rings. The number of carbonyl (C=O) groups excluding carboxylic acids is 2. The summed E-state index contributed by atoms with van der Waals surface area (Å²) in [7, 11) is -2.62. The lowest BCUT2D eigenvalue weighted by atomic mass is 10.2. The quantitative estimate of drug-likeness (QED) is 0.517. The van der Waals surface area contributed by atoms with Crippen molar-refractivity contribution in [3.8, 4) is 0 Å². The molecule has 0 heterocycles. The van der Waals surface area contributed by atoms with E-state index in [1.54, 1.807) is 24.3 Å². The minimum Gasteiger partial charge on any atom is -0.332 e. The molecule has 2 amide bonds. The van der Waals surface area contributed by atoms with Crippen LogP contribution < -0.4 is 10.0 Å². The topological polar surface area (TPSA) is 95.6 Å². The molecule has 2 N–H and O–H groups in total. The summed E-state index contributed by atoms with van der Waals surface area (Å²) in [5.41, 5.74) is 1.03. The summed E-state index contributed by atoms with van der Waals surface area (Å²) in [5.74, 6) is -1.58. The van der Waals surface area contributed by atoms with E-state index in [0.717, 1.165) is 6.07 Å². The molecule has 7 nitrogen and oxygen atoms in total. The van der Waals surface area contributed by atoms with Crippen LogP contribution in [0, 0.1) is 12.7 Å². The van der Waals surface area contributed by atoms with Crippen LogP contribution in [0.15, 0.2) is 71.6 Å². The van der Waals surface area contributed by atoms with Crippen molar-refractivity contribution in [1.29, 1.82) is 0 Å². The number of hydrogen-bond acceptors (Lipinski definition) is 4. The van der Waals surface area contributed by atoms with Gasteiger partial charge in [0.2, 0.25) is 5.91 Å². The summed E-state index contributed by atoms with van der Waals surface area (Å²) >= 11 is 6.02. The fraction of sp³-hybridized carbons (Fsp3) is 0.130. The minimum atomic E-state index is -4.06. The number of nitrogens with zero attached hydrogens (tertiary/aromatic N) is 1. The molecule has 10 heteroatoms. The fourth-order valence-corrected chi connectivity index (χ4v) is 4.17. The molecule has 0 saturated heterocycles. The Morgan fingerprint density at radius 2 is 1.76 bits per heavy atom. The normalized spacial score (nSPS) is 11.0. The van der Waals surface area contributed by atoms with E-state index >= 15 is 0 Å². The lowest BCUT2D eigenvalue weighted by molar-refractivity contribution is -0.116.